The van der Waals surface area contributed by atoms with Gasteiger partial charge in [0.25, 0.3) is 0 Å². The largest absolute Gasteiger partial charge is 0.401 e. The van der Waals surface area contributed by atoms with Gasteiger partial charge in [-0.25, -0.2) is 0 Å². The fraction of sp³-hybridized carbons (Fsp3) is 0.333. The molecule has 0 saturated carbocycles. The van der Waals surface area contributed by atoms with Gasteiger partial charge in [0.2, 0.25) is 0 Å². The Morgan fingerprint density at radius 3 is 2.38 bits per heavy atom. The Balaban J connectivity index is 3.68. The lowest BCUT2D eigenvalue weighted by Crippen LogP contribution is -2.03. The van der Waals surface area contributed by atoms with E-state index in [1.54, 1.807) is 17.3 Å². The highest BCUT2D eigenvalue weighted by atomic mass is 15.0. The Hall–Kier alpha value is -0.920. The monoisotopic (exact) mass is 112 g/mol. The first kappa shape index (κ1) is 7.08. The average molecular weight is 112 g/mol. The van der Waals surface area contributed by atoms with Crippen molar-refractivity contribution in [1.29, 1.82) is 0 Å². The minimum absolute atomic E-state index is 0.785. The molecule has 2 nitrogen and oxygen atoms in total. The Labute approximate surface area is 50.3 Å². The van der Waals surface area contributed by atoms with Crippen LogP contribution in [0.3, 0.4) is 0 Å². The van der Waals surface area contributed by atoms with Crippen LogP contribution in [0.15, 0.2) is 24.7 Å². The summed E-state index contributed by atoms with van der Waals surface area (Å²) in [5.74, 6) is 0. The zero-order valence-electron chi connectivity index (χ0n) is 5.39. The Kier molecular flexibility index (Phi) is 2.77. The van der Waals surface area contributed by atoms with Gasteiger partial charge in [0.15, 0.2) is 0 Å². The molecule has 0 amide bonds. The molecular weight excluding hydrogens is 100 g/mol. The van der Waals surface area contributed by atoms with Crippen LogP contribution in [-0.2, 0) is 0 Å². The molecule has 8 heavy (non-hydrogen) atoms. The van der Waals surface area contributed by atoms with E-state index in [0.717, 1.165) is 5.70 Å². The molecular formula is C6H12N2. The van der Waals surface area contributed by atoms with Gasteiger partial charge in [0.1, 0.15) is 0 Å². The summed E-state index contributed by atoms with van der Waals surface area (Å²) in [6, 6.07) is 0. The van der Waals surface area contributed by atoms with Gasteiger partial charge in [-0.2, -0.15) is 0 Å². The van der Waals surface area contributed by atoms with Crippen LogP contribution in [0, 0.1) is 0 Å². The van der Waals surface area contributed by atoms with E-state index < -0.39 is 0 Å². The molecule has 0 aromatic rings. The van der Waals surface area contributed by atoms with Gasteiger partial charge in [0.05, 0.1) is 0 Å². The highest BCUT2D eigenvalue weighted by molar-refractivity contribution is 4.92. The van der Waals surface area contributed by atoms with E-state index in [2.05, 4.69) is 6.58 Å². The second kappa shape index (κ2) is 3.13. The molecule has 2 heteroatoms. The van der Waals surface area contributed by atoms with Crippen LogP contribution >= 0.6 is 0 Å². The molecule has 0 radical (unpaired) electrons. The van der Waals surface area contributed by atoms with E-state index in [-0.39, 0.29) is 0 Å². The van der Waals surface area contributed by atoms with E-state index in [4.69, 9.17) is 5.73 Å². The molecule has 0 aromatic carbocycles. The third kappa shape index (κ3) is 3.28. The van der Waals surface area contributed by atoms with E-state index in [0.29, 0.717) is 0 Å². The van der Waals surface area contributed by atoms with Crippen LogP contribution in [0.5, 0.6) is 0 Å². The summed E-state index contributed by atoms with van der Waals surface area (Å²) in [5.41, 5.74) is 6.13. The van der Waals surface area contributed by atoms with Gasteiger partial charge in [-0.1, -0.05) is 6.58 Å². The average Bonchev–Trinajstić information content (AvgIpc) is 1.65. The first-order valence-electron chi connectivity index (χ1n) is 2.45. The fourth-order valence-electron chi connectivity index (χ4n) is 0.374. The van der Waals surface area contributed by atoms with Crippen molar-refractivity contribution >= 4 is 0 Å². The number of allylic oxidation sites excluding steroid dienone is 1. The number of nitrogens with zero attached hydrogens (tertiary/aromatic N) is 1. The van der Waals surface area contributed by atoms with Gasteiger partial charge in [-0.15, -0.1) is 0 Å². The smallest absolute Gasteiger partial charge is 0.0216 e. The Morgan fingerprint density at radius 1 is 1.75 bits per heavy atom. The van der Waals surface area contributed by atoms with Crippen molar-refractivity contribution in [3.8, 4) is 0 Å². The molecule has 0 saturated heterocycles. The van der Waals surface area contributed by atoms with Crippen LogP contribution < -0.4 is 5.73 Å². The van der Waals surface area contributed by atoms with Crippen molar-refractivity contribution in [1.82, 2.24) is 4.90 Å². The molecule has 0 aliphatic heterocycles. The topological polar surface area (TPSA) is 29.3 Å². The van der Waals surface area contributed by atoms with Crippen molar-refractivity contribution < 1.29 is 0 Å². The van der Waals surface area contributed by atoms with Crippen LogP contribution in [0.2, 0.25) is 0 Å². The lowest BCUT2D eigenvalue weighted by Gasteiger charge is -2.05. The lowest BCUT2D eigenvalue weighted by molar-refractivity contribution is 0.620. The molecule has 0 bridgehead atoms. The van der Waals surface area contributed by atoms with E-state index in [9.17, 15) is 0 Å². The third-order valence-corrected chi connectivity index (χ3v) is 0.695. The third-order valence-electron chi connectivity index (χ3n) is 0.695. The summed E-state index contributed by atoms with van der Waals surface area (Å²) >= 11 is 0. The number of hydrogen-bond donors (Lipinski definition) is 1. The molecule has 2 N–H and O–H groups in total. The summed E-state index contributed by atoms with van der Waals surface area (Å²) in [6.07, 6.45) is 3.49. The maximum Gasteiger partial charge on any atom is 0.0216 e. The lowest BCUT2D eigenvalue weighted by atomic mass is 10.5. The zero-order valence-corrected chi connectivity index (χ0v) is 5.39. The van der Waals surface area contributed by atoms with Crippen molar-refractivity contribution in [3.05, 3.63) is 24.7 Å². The second-order valence-corrected chi connectivity index (χ2v) is 1.72. The van der Waals surface area contributed by atoms with E-state index in [1.807, 2.05) is 14.0 Å². The number of nitrogens with two attached hydrogens (primary N) is 1. The summed E-state index contributed by atoms with van der Waals surface area (Å²) in [4.78, 5) is 1.80. The van der Waals surface area contributed by atoms with Crippen LogP contribution in [0.4, 0.5) is 0 Å². The molecule has 0 spiro atoms. The van der Waals surface area contributed by atoms with Crippen LogP contribution in [0.25, 0.3) is 0 Å². The second-order valence-electron chi connectivity index (χ2n) is 1.72. The van der Waals surface area contributed by atoms with Gasteiger partial charge < -0.3 is 10.6 Å². The summed E-state index contributed by atoms with van der Waals surface area (Å²) < 4.78 is 0. The summed E-state index contributed by atoms with van der Waals surface area (Å²) in [5, 5.41) is 0. The Morgan fingerprint density at radius 2 is 2.25 bits per heavy atom. The van der Waals surface area contributed by atoms with E-state index in [1.165, 1.54) is 0 Å². The van der Waals surface area contributed by atoms with Gasteiger partial charge in [-0.05, 0) is 13.1 Å². The molecule has 0 fully saturated rings. The minimum Gasteiger partial charge on any atom is -0.401 e. The van der Waals surface area contributed by atoms with Gasteiger partial charge >= 0.3 is 0 Å². The summed E-state index contributed by atoms with van der Waals surface area (Å²) in [6.45, 7) is 5.37. The standard InChI is InChI=1S/C6H12N2/c1-4-8(3)5-6(2)7/h4-5H,1,7H2,2-3H3/b6-5-. The predicted molar refractivity (Wildman–Crippen MR) is 35.9 cm³/mol. The molecule has 0 aliphatic rings. The van der Waals surface area contributed by atoms with Crippen LogP contribution in [0.1, 0.15) is 6.92 Å². The fourth-order valence-corrected chi connectivity index (χ4v) is 0.374. The number of rotatable bonds is 2. The molecule has 46 valence electrons. The number of hydrogen-bond acceptors (Lipinski definition) is 2. The first-order valence-corrected chi connectivity index (χ1v) is 2.45. The van der Waals surface area contributed by atoms with Crippen molar-refractivity contribution in [2.45, 2.75) is 6.92 Å². The van der Waals surface area contributed by atoms with Crippen molar-refractivity contribution in [3.63, 3.8) is 0 Å². The van der Waals surface area contributed by atoms with Crippen molar-refractivity contribution in [2.24, 2.45) is 5.73 Å². The molecule has 0 unspecified atom stereocenters. The first-order chi connectivity index (χ1) is 3.66. The quantitative estimate of drug-likeness (QED) is 0.574. The zero-order chi connectivity index (χ0) is 6.57. The normalized spacial score (nSPS) is 11.0. The maximum atomic E-state index is 5.34. The molecule has 0 rings (SSSR count). The Bertz CT molecular complexity index is 101. The SMILES string of the molecule is C=CN(C)/C=C(/C)N. The molecule has 0 aromatic heterocycles. The van der Waals surface area contributed by atoms with E-state index >= 15 is 0 Å². The predicted octanol–water partition coefficient (Wildman–Crippen LogP) is 0.882. The van der Waals surface area contributed by atoms with Gasteiger partial charge in [0, 0.05) is 18.9 Å². The maximum absolute atomic E-state index is 5.34. The highest BCUT2D eigenvalue weighted by Gasteiger charge is 1.79. The molecule has 0 aliphatic carbocycles. The van der Waals surface area contributed by atoms with Gasteiger partial charge in [-0.3, -0.25) is 0 Å². The molecule has 0 atom stereocenters. The highest BCUT2D eigenvalue weighted by Crippen LogP contribution is 1.85. The summed E-state index contributed by atoms with van der Waals surface area (Å²) in [7, 11) is 1.88. The van der Waals surface area contributed by atoms with Crippen LogP contribution in [-0.4, -0.2) is 11.9 Å². The molecule has 0 heterocycles. The van der Waals surface area contributed by atoms with Crippen molar-refractivity contribution in [2.75, 3.05) is 7.05 Å². The minimum atomic E-state index is 0.785.